The number of furan rings is 1. The number of hydrogen-bond donors (Lipinski definition) is 1. The molecule has 144 valence electrons. The van der Waals surface area contributed by atoms with Gasteiger partial charge in [-0.25, -0.2) is 0 Å². The molecular weight excluding hydrogens is 401 g/mol. The van der Waals surface area contributed by atoms with E-state index in [2.05, 4.69) is 5.32 Å². The first-order valence-corrected chi connectivity index (χ1v) is 8.06. The summed E-state index contributed by atoms with van der Waals surface area (Å²) < 4.78 is 44.1. The maximum absolute atomic E-state index is 12.9. The number of nitro benzene ring substituents is 1. The van der Waals surface area contributed by atoms with Crippen LogP contribution in [0.25, 0.3) is 11.3 Å². The maximum atomic E-state index is 12.9. The van der Waals surface area contributed by atoms with Gasteiger partial charge in [0.25, 0.3) is 11.6 Å². The highest BCUT2D eigenvalue weighted by Gasteiger charge is 2.33. The second-order valence-electron chi connectivity index (χ2n) is 5.61. The van der Waals surface area contributed by atoms with Crippen molar-refractivity contribution in [1.82, 2.24) is 0 Å². The number of hydrogen-bond acceptors (Lipinski definition) is 4. The molecule has 0 atom stereocenters. The molecule has 1 N–H and O–H groups in total. The number of nitro groups is 1. The van der Waals surface area contributed by atoms with Crippen LogP contribution >= 0.6 is 11.6 Å². The molecule has 0 aliphatic rings. The summed E-state index contributed by atoms with van der Waals surface area (Å²) in [5.41, 5.74) is -0.778. The highest BCUT2D eigenvalue weighted by molar-refractivity contribution is 6.31. The summed E-state index contributed by atoms with van der Waals surface area (Å²) >= 11 is 5.54. The van der Waals surface area contributed by atoms with Gasteiger partial charge in [-0.2, -0.15) is 13.2 Å². The van der Waals surface area contributed by atoms with Gasteiger partial charge in [-0.15, -0.1) is 0 Å². The fourth-order valence-corrected chi connectivity index (χ4v) is 2.60. The minimum atomic E-state index is -4.66. The van der Waals surface area contributed by atoms with E-state index in [1.54, 1.807) is 0 Å². The number of alkyl halides is 3. The third-order valence-electron chi connectivity index (χ3n) is 3.72. The molecule has 0 bridgehead atoms. The Morgan fingerprint density at radius 2 is 1.75 bits per heavy atom. The number of nitrogens with zero attached hydrogens (tertiary/aromatic N) is 1. The summed E-state index contributed by atoms with van der Waals surface area (Å²) in [6.07, 6.45) is -4.66. The van der Waals surface area contributed by atoms with Crippen molar-refractivity contribution in [3.05, 3.63) is 81.1 Å². The molecule has 2 aromatic carbocycles. The van der Waals surface area contributed by atoms with Gasteiger partial charge in [0.2, 0.25) is 0 Å². The second-order valence-corrected chi connectivity index (χ2v) is 6.02. The van der Waals surface area contributed by atoms with Crippen molar-refractivity contribution in [2.45, 2.75) is 6.18 Å². The number of amides is 1. The van der Waals surface area contributed by atoms with E-state index in [0.29, 0.717) is 5.56 Å². The molecule has 3 rings (SSSR count). The number of carbonyl (C=O) groups is 1. The van der Waals surface area contributed by atoms with Crippen LogP contribution in [0.5, 0.6) is 0 Å². The fraction of sp³-hybridized carbons (Fsp3) is 0.0556. The normalized spacial score (nSPS) is 11.3. The predicted octanol–water partition coefficient (Wildman–Crippen LogP) is 5.78. The van der Waals surface area contributed by atoms with Crippen molar-refractivity contribution >= 4 is 28.9 Å². The largest absolute Gasteiger partial charge is 0.451 e. The van der Waals surface area contributed by atoms with Gasteiger partial charge in [-0.05, 0) is 42.5 Å². The Labute approximate surface area is 160 Å². The molecule has 3 aromatic rings. The van der Waals surface area contributed by atoms with Crippen molar-refractivity contribution in [3.8, 4) is 11.3 Å². The van der Waals surface area contributed by atoms with Crippen LogP contribution in [0.3, 0.4) is 0 Å². The minimum absolute atomic E-state index is 0.100. The molecule has 0 spiro atoms. The maximum Gasteiger partial charge on any atom is 0.417 e. The summed E-state index contributed by atoms with van der Waals surface area (Å²) in [7, 11) is 0. The molecule has 0 aliphatic heterocycles. The summed E-state index contributed by atoms with van der Waals surface area (Å²) in [6.45, 7) is 0. The lowest BCUT2D eigenvalue weighted by Crippen LogP contribution is -2.12. The van der Waals surface area contributed by atoms with E-state index in [-0.39, 0.29) is 22.9 Å². The summed E-state index contributed by atoms with van der Waals surface area (Å²) in [5.74, 6) is -0.632. The van der Waals surface area contributed by atoms with Gasteiger partial charge in [0.1, 0.15) is 5.76 Å². The number of halogens is 4. The average Bonchev–Trinajstić information content (AvgIpc) is 3.13. The highest BCUT2D eigenvalue weighted by Crippen LogP contribution is 2.36. The zero-order valence-corrected chi connectivity index (χ0v) is 14.5. The van der Waals surface area contributed by atoms with Gasteiger partial charge in [0.05, 0.1) is 15.5 Å². The van der Waals surface area contributed by atoms with E-state index >= 15 is 0 Å². The standard InChI is InChI=1S/C18H10ClF3N2O4/c19-14-6-3-11(9-13(14)18(20,21)22)23-17(25)16-8-7-15(28-16)10-1-4-12(5-2-10)24(26)27/h1-9H,(H,23,25). The lowest BCUT2D eigenvalue weighted by molar-refractivity contribution is -0.384. The lowest BCUT2D eigenvalue weighted by Gasteiger charge is -2.11. The summed E-state index contributed by atoms with van der Waals surface area (Å²) in [6, 6.07) is 11.3. The van der Waals surface area contributed by atoms with Gasteiger partial charge < -0.3 is 9.73 Å². The van der Waals surface area contributed by atoms with Crippen LogP contribution < -0.4 is 5.32 Å². The van der Waals surface area contributed by atoms with Gasteiger partial charge in [0.15, 0.2) is 5.76 Å². The molecule has 1 amide bonds. The van der Waals surface area contributed by atoms with Crippen LogP contribution in [-0.2, 0) is 6.18 Å². The van der Waals surface area contributed by atoms with Crippen LogP contribution in [0.2, 0.25) is 5.02 Å². The molecule has 6 nitrogen and oxygen atoms in total. The monoisotopic (exact) mass is 410 g/mol. The van der Waals surface area contributed by atoms with Crippen LogP contribution in [0.15, 0.2) is 59.0 Å². The zero-order chi connectivity index (χ0) is 20.5. The minimum Gasteiger partial charge on any atom is -0.451 e. The number of benzene rings is 2. The van der Waals surface area contributed by atoms with Crippen molar-refractivity contribution in [2.75, 3.05) is 5.32 Å². The second kappa shape index (κ2) is 7.35. The third kappa shape index (κ3) is 4.15. The molecule has 0 saturated carbocycles. The van der Waals surface area contributed by atoms with E-state index in [1.165, 1.54) is 42.5 Å². The van der Waals surface area contributed by atoms with E-state index in [1.807, 2.05) is 0 Å². The Bertz CT molecular complexity index is 1050. The number of carbonyl (C=O) groups excluding carboxylic acids is 1. The molecule has 0 radical (unpaired) electrons. The number of nitrogens with one attached hydrogen (secondary N) is 1. The van der Waals surface area contributed by atoms with Crippen LogP contribution in [0.1, 0.15) is 16.1 Å². The molecule has 0 aliphatic carbocycles. The van der Waals surface area contributed by atoms with E-state index in [9.17, 15) is 28.1 Å². The van der Waals surface area contributed by atoms with Crippen LogP contribution in [0.4, 0.5) is 24.5 Å². The van der Waals surface area contributed by atoms with E-state index < -0.39 is 27.6 Å². The van der Waals surface area contributed by atoms with Gasteiger partial charge >= 0.3 is 6.18 Å². The van der Waals surface area contributed by atoms with E-state index in [0.717, 1.165) is 12.1 Å². The number of rotatable bonds is 4. The smallest absolute Gasteiger partial charge is 0.417 e. The zero-order valence-electron chi connectivity index (χ0n) is 13.8. The summed E-state index contributed by atoms with van der Waals surface area (Å²) in [5, 5.41) is 12.5. The van der Waals surface area contributed by atoms with Gasteiger partial charge in [-0.1, -0.05) is 11.6 Å². The first-order chi connectivity index (χ1) is 13.1. The first-order valence-electron chi connectivity index (χ1n) is 7.68. The van der Waals surface area contributed by atoms with Crippen LogP contribution in [-0.4, -0.2) is 10.8 Å². The summed E-state index contributed by atoms with van der Waals surface area (Å²) in [4.78, 5) is 22.4. The third-order valence-corrected chi connectivity index (χ3v) is 4.05. The Balaban J connectivity index is 1.79. The molecular formula is C18H10ClF3N2O4. The molecule has 0 fully saturated rings. The SMILES string of the molecule is O=C(Nc1ccc(Cl)c(C(F)(F)F)c1)c1ccc(-c2ccc([N+](=O)[O-])cc2)o1. The van der Waals surface area contributed by atoms with Gasteiger partial charge in [-0.3, -0.25) is 14.9 Å². The molecule has 1 heterocycles. The fourth-order valence-electron chi connectivity index (χ4n) is 2.38. The lowest BCUT2D eigenvalue weighted by atomic mass is 10.1. The Morgan fingerprint density at radius 3 is 2.36 bits per heavy atom. The molecule has 0 saturated heterocycles. The molecule has 1 aromatic heterocycles. The van der Waals surface area contributed by atoms with Crippen LogP contribution in [0, 0.1) is 10.1 Å². The van der Waals surface area contributed by atoms with Gasteiger partial charge in [0, 0.05) is 23.4 Å². The predicted molar refractivity (Wildman–Crippen MR) is 95.2 cm³/mol. The molecule has 10 heteroatoms. The highest BCUT2D eigenvalue weighted by atomic mass is 35.5. The van der Waals surface area contributed by atoms with Crippen molar-refractivity contribution in [2.24, 2.45) is 0 Å². The average molecular weight is 411 g/mol. The molecule has 0 unspecified atom stereocenters. The number of anilines is 1. The Hall–Kier alpha value is -3.33. The molecule has 28 heavy (non-hydrogen) atoms. The number of non-ortho nitro benzene ring substituents is 1. The topological polar surface area (TPSA) is 85.4 Å². The quantitative estimate of drug-likeness (QED) is 0.436. The first kappa shape index (κ1) is 19.4. The Kier molecular flexibility index (Phi) is 5.10. The van der Waals surface area contributed by atoms with Crippen molar-refractivity contribution in [1.29, 1.82) is 0 Å². The Morgan fingerprint density at radius 1 is 1.07 bits per heavy atom. The van der Waals surface area contributed by atoms with Crippen molar-refractivity contribution < 1.29 is 27.3 Å². The van der Waals surface area contributed by atoms with Crippen molar-refractivity contribution in [3.63, 3.8) is 0 Å². The van der Waals surface area contributed by atoms with E-state index in [4.69, 9.17) is 16.0 Å².